The molecular formula is C18H31N3. The Kier molecular flexibility index (Phi) is 6.07. The van der Waals surface area contributed by atoms with Crippen LogP contribution in [0.2, 0.25) is 0 Å². The van der Waals surface area contributed by atoms with Crippen LogP contribution in [0.1, 0.15) is 45.2 Å². The molecule has 1 N–H and O–H groups in total. The third-order valence-corrected chi connectivity index (χ3v) is 4.51. The first kappa shape index (κ1) is 16.3. The van der Waals surface area contributed by atoms with E-state index in [0.29, 0.717) is 12.1 Å². The molecule has 0 radical (unpaired) electrons. The molecule has 2 unspecified atom stereocenters. The van der Waals surface area contributed by atoms with Crippen molar-refractivity contribution in [1.29, 1.82) is 0 Å². The van der Waals surface area contributed by atoms with Crippen molar-refractivity contribution >= 4 is 5.69 Å². The van der Waals surface area contributed by atoms with Gasteiger partial charge in [-0.25, -0.2) is 0 Å². The highest BCUT2D eigenvalue weighted by atomic mass is 15.3. The average molecular weight is 289 g/mol. The van der Waals surface area contributed by atoms with E-state index in [4.69, 9.17) is 0 Å². The molecular weight excluding hydrogens is 258 g/mol. The van der Waals surface area contributed by atoms with Crippen LogP contribution in [0.25, 0.3) is 0 Å². The number of rotatable bonds is 6. The van der Waals surface area contributed by atoms with Gasteiger partial charge in [-0.3, -0.25) is 0 Å². The summed E-state index contributed by atoms with van der Waals surface area (Å²) in [4.78, 5) is 4.95. The number of piperazine rings is 1. The second-order valence-corrected chi connectivity index (χ2v) is 6.31. The van der Waals surface area contributed by atoms with Crippen LogP contribution in [0.4, 0.5) is 5.69 Å². The summed E-state index contributed by atoms with van der Waals surface area (Å²) < 4.78 is 0. The van der Waals surface area contributed by atoms with E-state index < -0.39 is 0 Å². The minimum absolute atomic E-state index is 0.490. The van der Waals surface area contributed by atoms with Crippen molar-refractivity contribution in [2.75, 3.05) is 38.1 Å². The van der Waals surface area contributed by atoms with Gasteiger partial charge in [0.2, 0.25) is 0 Å². The first-order valence-corrected chi connectivity index (χ1v) is 8.44. The number of hydrogen-bond acceptors (Lipinski definition) is 3. The molecule has 0 aliphatic carbocycles. The molecule has 2 rings (SSSR count). The lowest BCUT2D eigenvalue weighted by Crippen LogP contribution is -2.50. The normalized spacial score (nSPS) is 21.5. The Morgan fingerprint density at radius 3 is 2.48 bits per heavy atom. The molecule has 0 aromatic heterocycles. The average Bonchev–Trinajstić information content (AvgIpc) is 2.49. The smallest absolute Gasteiger partial charge is 0.0389 e. The SMILES string of the molecule is CCCNC(CC)c1ccc(N2CCN(C)CC2C)cc1. The van der Waals surface area contributed by atoms with Crippen molar-refractivity contribution in [2.45, 2.75) is 45.7 Å². The van der Waals surface area contributed by atoms with Crippen molar-refractivity contribution in [1.82, 2.24) is 10.2 Å². The van der Waals surface area contributed by atoms with E-state index >= 15 is 0 Å². The molecule has 1 aromatic rings. The van der Waals surface area contributed by atoms with E-state index in [9.17, 15) is 0 Å². The minimum Gasteiger partial charge on any atom is -0.366 e. The molecule has 3 nitrogen and oxygen atoms in total. The Labute approximate surface area is 130 Å². The topological polar surface area (TPSA) is 18.5 Å². The number of benzene rings is 1. The Morgan fingerprint density at radius 1 is 1.19 bits per heavy atom. The second-order valence-electron chi connectivity index (χ2n) is 6.31. The van der Waals surface area contributed by atoms with E-state index in [1.54, 1.807) is 0 Å². The number of nitrogens with one attached hydrogen (secondary N) is 1. The fourth-order valence-corrected chi connectivity index (χ4v) is 3.24. The van der Waals surface area contributed by atoms with Crippen molar-refractivity contribution in [3.8, 4) is 0 Å². The molecule has 0 saturated carbocycles. The van der Waals surface area contributed by atoms with E-state index in [1.807, 2.05) is 0 Å². The summed E-state index contributed by atoms with van der Waals surface area (Å²) in [5.41, 5.74) is 2.78. The van der Waals surface area contributed by atoms with E-state index in [-0.39, 0.29) is 0 Å². The van der Waals surface area contributed by atoms with Gasteiger partial charge in [0.25, 0.3) is 0 Å². The zero-order chi connectivity index (χ0) is 15.2. The molecule has 1 aliphatic heterocycles. The van der Waals surface area contributed by atoms with Gasteiger partial charge in [-0.05, 0) is 51.1 Å². The first-order chi connectivity index (χ1) is 10.2. The molecule has 118 valence electrons. The van der Waals surface area contributed by atoms with Crippen LogP contribution in [0.5, 0.6) is 0 Å². The molecule has 1 aliphatic rings. The van der Waals surface area contributed by atoms with E-state index in [1.165, 1.54) is 17.7 Å². The summed E-state index contributed by atoms with van der Waals surface area (Å²) in [7, 11) is 2.21. The zero-order valence-corrected chi connectivity index (χ0v) is 14.1. The molecule has 1 fully saturated rings. The monoisotopic (exact) mass is 289 g/mol. The molecule has 0 amide bonds. The minimum atomic E-state index is 0.490. The fraction of sp³-hybridized carbons (Fsp3) is 0.667. The highest BCUT2D eigenvalue weighted by molar-refractivity contribution is 5.49. The van der Waals surface area contributed by atoms with Crippen LogP contribution in [0.15, 0.2) is 24.3 Å². The lowest BCUT2D eigenvalue weighted by Gasteiger charge is -2.40. The van der Waals surface area contributed by atoms with Crippen LogP contribution in [-0.4, -0.2) is 44.2 Å². The standard InChI is InChI=1S/C18H31N3/c1-5-11-19-18(6-2)16-7-9-17(10-8-16)21-13-12-20(4)14-15(21)3/h7-10,15,18-19H,5-6,11-14H2,1-4H3. The summed E-state index contributed by atoms with van der Waals surface area (Å²) in [5, 5.41) is 3.63. The van der Waals surface area contributed by atoms with Gasteiger partial charge >= 0.3 is 0 Å². The quantitative estimate of drug-likeness (QED) is 0.867. The summed E-state index contributed by atoms with van der Waals surface area (Å²) in [5.74, 6) is 0. The van der Waals surface area contributed by atoms with Gasteiger partial charge in [0.15, 0.2) is 0 Å². The van der Waals surface area contributed by atoms with Gasteiger partial charge in [-0.2, -0.15) is 0 Å². The second kappa shape index (κ2) is 7.81. The molecule has 0 spiro atoms. The molecule has 21 heavy (non-hydrogen) atoms. The van der Waals surface area contributed by atoms with Gasteiger partial charge in [0.1, 0.15) is 0 Å². The molecule has 1 aromatic carbocycles. The maximum absolute atomic E-state index is 3.63. The lowest BCUT2D eigenvalue weighted by molar-refractivity contribution is 0.275. The number of anilines is 1. The maximum Gasteiger partial charge on any atom is 0.0389 e. The lowest BCUT2D eigenvalue weighted by atomic mass is 10.0. The molecule has 0 bridgehead atoms. The third-order valence-electron chi connectivity index (χ3n) is 4.51. The maximum atomic E-state index is 3.63. The Hall–Kier alpha value is -1.06. The van der Waals surface area contributed by atoms with Crippen LogP contribution in [0, 0.1) is 0 Å². The van der Waals surface area contributed by atoms with Crippen molar-refractivity contribution in [3.05, 3.63) is 29.8 Å². The van der Waals surface area contributed by atoms with Crippen molar-refractivity contribution in [3.63, 3.8) is 0 Å². The van der Waals surface area contributed by atoms with Crippen LogP contribution >= 0.6 is 0 Å². The summed E-state index contributed by atoms with van der Waals surface area (Å²) in [6, 6.07) is 10.3. The Balaban J connectivity index is 2.04. The molecule has 1 heterocycles. The van der Waals surface area contributed by atoms with Crippen LogP contribution in [-0.2, 0) is 0 Å². The summed E-state index contributed by atoms with van der Waals surface area (Å²) in [6.07, 6.45) is 2.33. The number of hydrogen-bond donors (Lipinski definition) is 1. The van der Waals surface area contributed by atoms with Crippen molar-refractivity contribution in [2.24, 2.45) is 0 Å². The van der Waals surface area contributed by atoms with Crippen LogP contribution in [0.3, 0.4) is 0 Å². The van der Waals surface area contributed by atoms with E-state index in [2.05, 4.69) is 67.2 Å². The Morgan fingerprint density at radius 2 is 1.90 bits per heavy atom. The molecule has 1 saturated heterocycles. The molecule has 2 atom stereocenters. The number of nitrogens with zero attached hydrogens (tertiary/aromatic N) is 2. The zero-order valence-electron chi connectivity index (χ0n) is 14.1. The van der Waals surface area contributed by atoms with Crippen molar-refractivity contribution < 1.29 is 0 Å². The highest BCUT2D eigenvalue weighted by Gasteiger charge is 2.21. The van der Waals surface area contributed by atoms with Gasteiger partial charge in [0, 0.05) is 37.4 Å². The third kappa shape index (κ3) is 4.21. The fourth-order valence-electron chi connectivity index (χ4n) is 3.24. The predicted octanol–water partition coefficient (Wildman–Crippen LogP) is 3.28. The van der Waals surface area contributed by atoms with Gasteiger partial charge in [0.05, 0.1) is 0 Å². The van der Waals surface area contributed by atoms with Gasteiger partial charge in [-0.1, -0.05) is 26.0 Å². The van der Waals surface area contributed by atoms with Crippen LogP contribution < -0.4 is 10.2 Å². The van der Waals surface area contributed by atoms with Gasteiger partial charge < -0.3 is 15.1 Å². The number of likely N-dealkylation sites (N-methyl/N-ethyl adjacent to an activating group) is 1. The van der Waals surface area contributed by atoms with E-state index in [0.717, 1.165) is 32.6 Å². The first-order valence-electron chi connectivity index (χ1n) is 8.44. The Bertz CT molecular complexity index is 415. The largest absolute Gasteiger partial charge is 0.366 e. The summed E-state index contributed by atoms with van der Waals surface area (Å²) in [6.45, 7) is 11.3. The summed E-state index contributed by atoms with van der Waals surface area (Å²) >= 11 is 0. The predicted molar refractivity (Wildman–Crippen MR) is 92.1 cm³/mol. The highest BCUT2D eigenvalue weighted by Crippen LogP contribution is 2.24. The molecule has 3 heteroatoms. The van der Waals surface area contributed by atoms with Gasteiger partial charge in [-0.15, -0.1) is 0 Å².